The lowest BCUT2D eigenvalue weighted by molar-refractivity contribution is -0.120. The monoisotopic (exact) mass is 332 g/mol. The first-order valence-corrected chi connectivity index (χ1v) is 7.91. The summed E-state index contributed by atoms with van der Waals surface area (Å²) in [6.45, 7) is 5.76. The summed E-state index contributed by atoms with van der Waals surface area (Å²) in [5.41, 5.74) is 0.0586. The molecule has 1 N–H and O–H groups in total. The number of alkyl carbamates (subject to hydrolysis) is 1. The third-order valence-corrected chi connectivity index (χ3v) is 3.46. The van der Waals surface area contributed by atoms with Crippen LogP contribution in [0, 0.1) is 0 Å². The standard InChI is InChI=1S/C18H24N2O4/c1-18(2,3)24-17(22)19-13-9-7-8-12-20(16(13)21)14-10-5-6-11-15(14)23-4/h5-8,10-11,13H,9,12H2,1-4H3,(H,19,22)/t13-/m0/s1. The first kappa shape index (κ1) is 17.8. The maximum atomic E-state index is 12.9. The van der Waals surface area contributed by atoms with Gasteiger partial charge in [0.1, 0.15) is 17.4 Å². The van der Waals surface area contributed by atoms with E-state index in [4.69, 9.17) is 9.47 Å². The topological polar surface area (TPSA) is 67.9 Å². The molecule has 1 atom stereocenters. The van der Waals surface area contributed by atoms with Gasteiger partial charge in [0.15, 0.2) is 0 Å². The highest BCUT2D eigenvalue weighted by molar-refractivity contribution is 6.00. The summed E-state index contributed by atoms with van der Waals surface area (Å²) in [6, 6.07) is 6.63. The van der Waals surface area contributed by atoms with E-state index in [9.17, 15) is 9.59 Å². The molecule has 0 fully saturated rings. The molecule has 6 nitrogen and oxygen atoms in total. The summed E-state index contributed by atoms with van der Waals surface area (Å²) in [4.78, 5) is 26.5. The molecule has 1 heterocycles. The Kier molecular flexibility index (Phi) is 5.49. The summed E-state index contributed by atoms with van der Waals surface area (Å²) in [5.74, 6) is 0.410. The Morgan fingerprint density at radius 2 is 1.96 bits per heavy atom. The van der Waals surface area contributed by atoms with E-state index in [1.807, 2.05) is 30.4 Å². The number of rotatable bonds is 3. The minimum atomic E-state index is -0.677. The number of nitrogens with one attached hydrogen (secondary N) is 1. The Hall–Kier alpha value is -2.50. The molecule has 0 radical (unpaired) electrons. The van der Waals surface area contributed by atoms with Crippen molar-refractivity contribution in [3.63, 3.8) is 0 Å². The number of carbonyl (C=O) groups excluding carboxylic acids is 2. The Labute approximate surface area is 142 Å². The van der Waals surface area contributed by atoms with Gasteiger partial charge in [-0.2, -0.15) is 0 Å². The van der Waals surface area contributed by atoms with Gasteiger partial charge in [-0.1, -0.05) is 24.3 Å². The van der Waals surface area contributed by atoms with Crippen LogP contribution in [0.3, 0.4) is 0 Å². The fourth-order valence-corrected chi connectivity index (χ4v) is 2.43. The van der Waals surface area contributed by atoms with Crippen molar-refractivity contribution < 1.29 is 19.1 Å². The first-order valence-electron chi connectivity index (χ1n) is 7.91. The zero-order chi connectivity index (χ0) is 17.7. The number of para-hydroxylation sites is 2. The summed E-state index contributed by atoms with van der Waals surface area (Å²) < 4.78 is 10.6. The second-order valence-electron chi connectivity index (χ2n) is 6.53. The quantitative estimate of drug-likeness (QED) is 0.864. The van der Waals surface area contributed by atoms with E-state index in [-0.39, 0.29) is 5.91 Å². The lowest BCUT2D eigenvalue weighted by atomic mass is 10.1. The zero-order valence-electron chi connectivity index (χ0n) is 14.5. The van der Waals surface area contributed by atoms with Crippen LogP contribution < -0.4 is 15.0 Å². The lowest BCUT2D eigenvalue weighted by Gasteiger charge is -2.27. The van der Waals surface area contributed by atoms with E-state index in [0.717, 1.165) is 0 Å². The van der Waals surface area contributed by atoms with Gasteiger partial charge in [-0.05, 0) is 39.3 Å². The molecule has 6 heteroatoms. The average molecular weight is 332 g/mol. The molecule has 0 saturated heterocycles. The lowest BCUT2D eigenvalue weighted by Crippen LogP contribution is -2.49. The second kappa shape index (κ2) is 7.38. The van der Waals surface area contributed by atoms with Crippen molar-refractivity contribution in [2.45, 2.75) is 38.8 Å². The predicted octanol–water partition coefficient (Wildman–Crippen LogP) is 2.88. The molecule has 130 valence electrons. The first-order chi connectivity index (χ1) is 11.3. The van der Waals surface area contributed by atoms with E-state index in [0.29, 0.717) is 24.4 Å². The van der Waals surface area contributed by atoms with E-state index < -0.39 is 17.7 Å². The van der Waals surface area contributed by atoms with E-state index in [1.165, 1.54) is 0 Å². The maximum absolute atomic E-state index is 12.9. The fraction of sp³-hybridized carbons (Fsp3) is 0.444. The third-order valence-electron chi connectivity index (χ3n) is 3.46. The van der Waals surface area contributed by atoms with Crippen LogP contribution in [0.5, 0.6) is 5.75 Å². The van der Waals surface area contributed by atoms with Crippen LogP contribution in [0.1, 0.15) is 27.2 Å². The van der Waals surface area contributed by atoms with Crippen molar-refractivity contribution in [3.05, 3.63) is 36.4 Å². The van der Waals surface area contributed by atoms with Gasteiger partial charge in [-0.15, -0.1) is 0 Å². The molecule has 0 spiro atoms. The summed E-state index contributed by atoms with van der Waals surface area (Å²) in [6.07, 6.45) is 3.61. The Morgan fingerprint density at radius 3 is 2.62 bits per heavy atom. The molecule has 1 aromatic carbocycles. The van der Waals surface area contributed by atoms with Crippen LogP contribution in [0.4, 0.5) is 10.5 Å². The van der Waals surface area contributed by atoms with Gasteiger partial charge in [0, 0.05) is 6.54 Å². The minimum absolute atomic E-state index is 0.199. The number of hydrogen-bond donors (Lipinski definition) is 1. The third kappa shape index (κ3) is 4.50. The molecule has 0 aliphatic carbocycles. The normalized spacial score (nSPS) is 18.1. The summed E-state index contributed by atoms with van der Waals surface area (Å²) >= 11 is 0. The molecule has 0 bridgehead atoms. The average Bonchev–Trinajstić information content (AvgIpc) is 2.68. The van der Waals surface area contributed by atoms with E-state index >= 15 is 0 Å². The molecule has 0 unspecified atom stereocenters. The van der Waals surface area contributed by atoms with Crippen LogP contribution in [0.25, 0.3) is 0 Å². The van der Waals surface area contributed by atoms with Crippen molar-refractivity contribution in [2.24, 2.45) is 0 Å². The van der Waals surface area contributed by atoms with Crippen LogP contribution >= 0.6 is 0 Å². The number of nitrogens with zero attached hydrogens (tertiary/aromatic N) is 1. The van der Waals surface area contributed by atoms with Crippen LogP contribution in [-0.2, 0) is 9.53 Å². The highest BCUT2D eigenvalue weighted by Crippen LogP contribution is 2.29. The molecule has 2 amide bonds. The van der Waals surface area contributed by atoms with Gasteiger partial charge in [0.25, 0.3) is 0 Å². The van der Waals surface area contributed by atoms with Gasteiger partial charge < -0.3 is 19.7 Å². The van der Waals surface area contributed by atoms with E-state index in [1.54, 1.807) is 38.8 Å². The molecular formula is C18H24N2O4. The molecule has 0 saturated carbocycles. The number of ether oxygens (including phenoxy) is 2. The van der Waals surface area contributed by atoms with Crippen molar-refractivity contribution >= 4 is 17.7 Å². The zero-order valence-corrected chi connectivity index (χ0v) is 14.5. The van der Waals surface area contributed by atoms with Crippen LogP contribution in [0.2, 0.25) is 0 Å². The van der Waals surface area contributed by atoms with Crippen molar-refractivity contribution in [2.75, 3.05) is 18.6 Å². The van der Waals surface area contributed by atoms with Crippen LogP contribution in [0.15, 0.2) is 36.4 Å². The largest absolute Gasteiger partial charge is 0.495 e. The number of benzene rings is 1. The number of amides is 2. The van der Waals surface area contributed by atoms with Crippen molar-refractivity contribution in [3.8, 4) is 5.75 Å². The predicted molar refractivity (Wildman–Crippen MR) is 92.3 cm³/mol. The van der Waals surface area contributed by atoms with Crippen LogP contribution in [-0.4, -0.2) is 37.3 Å². The number of methoxy groups -OCH3 is 1. The minimum Gasteiger partial charge on any atom is -0.495 e. The molecular weight excluding hydrogens is 308 g/mol. The number of hydrogen-bond acceptors (Lipinski definition) is 4. The second-order valence-corrected chi connectivity index (χ2v) is 6.53. The summed E-state index contributed by atoms with van der Waals surface area (Å²) in [7, 11) is 1.56. The molecule has 1 aliphatic rings. The van der Waals surface area contributed by atoms with E-state index in [2.05, 4.69) is 5.32 Å². The Balaban J connectivity index is 2.19. The van der Waals surface area contributed by atoms with Crippen molar-refractivity contribution in [1.29, 1.82) is 0 Å². The Bertz CT molecular complexity index is 634. The molecule has 24 heavy (non-hydrogen) atoms. The fourth-order valence-electron chi connectivity index (χ4n) is 2.43. The molecule has 0 aromatic heterocycles. The maximum Gasteiger partial charge on any atom is 0.408 e. The van der Waals surface area contributed by atoms with Gasteiger partial charge in [-0.25, -0.2) is 4.79 Å². The number of anilines is 1. The SMILES string of the molecule is COc1ccccc1N1CC=CC[C@H](NC(=O)OC(C)(C)C)C1=O. The molecule has 1 aliphatic heterocycles. The van der Waals surface area contributed by atoms with Gasteiger partial charge in [0.05, 0.1) is 12.8 Å². The van der Waals surface area contributed by atoms with Gasteiger partial charge in [0.2, 0.25) is 5.91 Å². The van der Waals surface area contributed by atoms with Gasteiger partial charge in [-0.3, -0.25) is 4.79 Å². The molecule has 2 rings (SSSR count). The Morgan fingerprint density at radius 1 is 1.25 bits per heavy atom. The highest BCUT2D eigenvalue weighted by Gasteiger charge is 2.30. The molecule has 1 aromatic rings. The van der Waals surface area contributed by atoms with Crippen molar-refractivity contribution in [1.82, 2.24) is 5.32 Å². The summed E-state index contributed by atoms with van der Waals surface area (Å²) in [5, 5.41) is 2.66. The number of carbonyl (C=O) groups is 2. The highest BCUT2D eigenvalue weighted by atomic mass is 16.6. The smallest absolute Gasteiger partial charge is 0.408 e. The van der Waals surface area contributed by atoms with Gasteiger partial charge >= 0.3 is 6.09 Å².